The third-order valence-corrected chi connectivity index (χ3v) is 3.18. The normalized spacial score (nSPS) is 22.9. The molecule has 0 bridgehead atoms. The molecule has 2 heterocycles. The van der Waals surface area contributed by atoms with E-state index in [-0.39, 0.29) is 24.2 Å². The molecule has 100 valence electrons. The smallest absolute Gasteiger partial charge is 0.223 e. The molecule has 0 spiro atoms. The van der Waals surface area contributed by atoms with Crippen LogP contribution in [0.2, 0.25) is 0 Å². The Morgan fingerprint density at radius 2 is 2.44 bits per heavy atom. The Balaban J connectivity index is 0.00000162. The standard InChI is InChI=1S/C13H19N3O.ClH/c1-10-7-12(4-6-15-10)13(17)16-9-11-3-2-5-14-8-11;/h2-3,5,8,10,12,15H,4,6-7,9H2,1H3,(H,16,17);1H/t10-,12-;/m0./s1. The fraction of sp³-hybridized carbons (Fsp3) is 0.538. The summed E-state index contributed by atoms with van der Waals surface area (Å²) >= 11 is 0. The third-order valence-electron chi connectivity index (χ3n) is 3.18. The molecule has 2 N–H and O–H groups in total. The highest BCUT2D eigenvalue weighted by Gasteiger charge is 2.24. The summed E-state index contributed by atoms with van der Waals surface area (Å²) in [4.78, 5) is 16.0. The summed E-state index contributed by atoms with van der Waals surface area (Å²) in [7, 11) is 0. The Labute approximate surface area is 114 Å². The molecule has 1 aromatic heterocycles. The summed E-state index contributed by atoms with van der Waals surface area (Å²) < 4.78 is 0. The summed E-state index contributed by atoms with van der Waals surface area (Å²) in [6.45, 7) is 3.64. The summed E-state index contributed by atoms with van der Waals surface area (Å²) in [6.07, 6.45) is 5.38. The number of hydrogen-bond donors (Lipinski definition) is 2. The van der Waals surface area contributed by atoms with Crippen molar-refractivity contribution in [2.24, 2.45) is 5.92 Å². The Hall–Kier alpha value is -1.13. The molecular formula is C13H20ClN3O. The van der Waals surface area contributed by atoms with Crippen molar-refractivity contribution >= 4 is 18.3 Å². The zero-order valence-electron chi connectivity index (χ0n) is 10.6. The maximum Gasteiger partial charge on any atom is 0.223 e. The van der Waals surface area contributed by atoms with Gasteiger partial charge < -0.3 is 10.6 Å². The molecule has 4 nitrogen and oxygen atoms in total. The van der Waals surface area contributed by atoms with Gasteiger partial charge in [-0.1, -0.05) is 6.07 Å². The van der Waals surface area contributed by atoms with Crippen LogP contribution < -0.4 is 10.6 Å². The molecule has 1 aliphatic rings. The topological polar surface area (TPSA) is 54.0 Å². The van der Waals surface area contributed by atoms with Gasteiger partial charge in [0.05, 0.1) is 0 Å². The van der Waals surface area contributed by atoms with E-state index in [0.717, 1.165) is 24.9 Å². The van der Waals surface area contributed by atoms with E-state index in [1.165, 1.54) is 0 Å². The molecule has 1 aromatic rings. The van der Waals surface area contributed by atoms with Gasteiger partial charge in [-0.3, -0.25) is 9.78 Å². The van der Waals surface area contributed by atoms with Gasteiger partial charge in [-0.2, -0.15) is 0 Å². The number of carbonyl (C=O) groups is 1. The molecule has 2 atom stereocenters. The molecule has 2 rings (SSSR count). The van der Waals surface area contributed by atoms with Gasteiger partial charge in [0.2, 0.25) is 5.91 Å². The van der Waals surface area contributed by atoms with Crippen molar-refractivity contribution in [3.63, 3.8) is 0 Å². The highest BCUT2D eigenvalue weighted by atomic mass is 35.5. The Morgan fingerprint density at radius 3 is 3.11 bits per heavy atom. The van der Waals surface area contributed by atoms with Gasteiger partial charge in [-0.25, -0.2) is 0 Å². The number of nitrogens with zero attached hydrogens (tertiary/aromatic N) is 1. The van der Waals surface area contributed by atoms with Crippen molar-refractivity contribution in [1.82, 2.24) is 15.6 Å². The molecule has 1 fully saturated rings. The molecule has 0 aliphatic carbocycles. The highest BCUT2D eigenvalue weighted by molar-refractivity contribution is 5.85. The van der Waals surface area contributed by atoms with Crippen LogP contribution in [-0.4, -0.2) is 23.5 Å². The van der Waals surface area contributed by atoms with E-state index in [1.54, 1.807) is 12.4 Å². The van der Waals surface area contributed by atoms with Crippen molar-refractivity contribution in [1.29, 1.82) is 0 Å². The molecule has 1 saturated heterocycles. The minimum Gasteiger partial charge on any atom is -0.352 e. The molecule has 0 aromatic carbocycles. The lowest BCUT2D eigenvalue weighted by atomic mass is 9.92. The number of halogens is 1. The SMILES string of the molecule is C[C@H]1C[C@@H](C(=O)NCc2cccnc2)CCN1.Cl. The first kappa shape index (κ1) is 14.9. The van der Waals surface area contributed by atoms with Gasteiger partial charge in [-0.05, 0) is 37.9 Å². The first-order valence-corrected chi connectivity index (χ1v) is 6.15. The Kier molecular flexibility index (Phi) is 6.09. The summed E-state index contributed by atoms with van der Waals surface area (Å²) in [5.41, 5.74) is 1.04. The van der Waals surface area contributed by atoms with Crippen LogP contribution >= 0.6 is 12.4 Å². The zero-order chi connectivity index (χ0) is 12.1. The van der Waals surface area contributed by atoms with Crippen LogP contribution in [-0.2, 0) is 11.3 Å². The molecule has 0 saturated carbocycles. The number of hydrogen-bond acceptors (Lipinski definition) is 3. The van der Waals surface area contributed by atoms with E-state index in [2.05, 4.69) is 22.5 Å². The number of amides is 1. The average Bonchev–Trinajstić information content (AvgIpc) is 2.37. The number of nitrogens with one attached hydrogen (secondary N) is 2. The van der Waals surface area contributed by atoms with Crippen LogP contribution in [0.5, 0.6) is 0 Å². The molecule has 18 heavy (non-hydrogen) atoms. The number of piperidine rings is 1. The first-order valence-electron chi connectivity index (χ1n) is 6.15. The van der Waals surface area contributed by atoms with E-state index in [0.29, 0.717) is 12.6 Å². The first-order chi connectivity index (χ1) is 8.25. The predicted molar refractivity (Wildman–Crippen MR) is 73.5 cm³/mol. The molecule has 1 aliphatic heterocycles. The molecule has 0 radical (unpaired) electrons. The van der Waals surface area contributed by atoms with Gasteiger partial charge in [0.15, 0.2) is 0 Å². The van der Waals surface area contributed by atoms with Crippen LogP contribution in [0, 0.1) is 5.92 Å². The average molecular weight is 270 g/mol. The lowest BCUT2D eigenvalue weighted by Crippen LogP contribution is -2.42. The summed E-state index contributed by atoms with van der Waals surface area (Å²) in [5, 5.41) is 6.33. The summed E-state index contributed by atoms with van der Waals surface area (Å²) in [6, 6.07) is 4.30. The minimum absolute atomic E-state index is 0. The van der Waals surface area contributed by atoms with Gasteiger partial charge in [0.1, 0.15) is 0 Å². The van der Waals surface area contributed by atoms with Gasteiger partial charge in [0.25, 0.3) is 0 Å². The quantitative estimate of drug-likeness (QED) is 0.875. The number of rotatable bonds is 3. The fourth-order valence-electron chi connectivity index (χ4n) is 2.21. The van der Waals surface area contributed by atoms with Crippen LogP contribution in [0.3, 0.4) is 0 Å². The van der Waals surface area contributed by atoms with Gasteiger partial charge >= 0.3 is 0 Å². The van der Waals surface area contributed by atoms with Crippen molar-refractivity contribution in [2.45, 2.75) is 32.4 Å². The second kappa shape index (κ2) is 7.34. The monoisotopic (exact) mass is 269 g/mol. The number of carbonyl (C=O) groups excluding carboxylic acids is 1. The summed E-state index contributed by atoms with van der Waals surface area (Å²) in [5.74, 6) is 0.324. The molecule has 1 amide bonds. The van der Waals surface area contributed by atoms with Crippen molar-refractivity contribution < 1.29 is 4.79 Å². The van der Waals surface area contributed by atoms with Gasteiger partial charge in [-0.15, -0.1) is 12.4 Å². The van der Waals surface area contributed by atoms with Crippen molar-refractivity contribution in [2.75, 3.05) is 6.54 Å². The maximum atomic E-state index is 12.0. The fourth-order valence-corrected chi connectivity index (χ4v) is 2.21. The second-order valence-corrected chi connectivity index (χ2v) is 4.66. The predicted octanol–water partition coefficient (Wildman–Crippen LogP) is 1.51. The lowest BCUT2D eigenvalue weighted by molar-refractivity contribution is -0.126. The van der Waals surface area contributed by atoms with Crippen molar-refractivity contribution in [3.05, 3.63) is 30.1 Å². The van der Waals surface area contributed by atoms with E-state index in [4.69, 9.17) is 0 Å². The maximum absolute atomic E-state index is 12.0. The van der Waals surface area contributed by atoms with E-state index >= 15 is 0 Å². The molecular weight excluding hydrogens is 250 g/mol. The lowest BCUT2D eigenvalue weighted by Gasteiger charge is -2.27. The Morgan fingerprint density at radius 1 is 1.61 bits per heavy atom. The third kappa shape index (κ3) is 4.27. The van der Waals surface area contributed by atoms with Crippen LogP contribution in [0.1, 0.15) is 25.3 Å². The van der Waals surface area contributed by atoms with Gasteiger partial charge in [0, 0.05) is 30.9 Å². The van der Waals surface area contributed by atoms with E-state index < -0.39 is 0 Å². The van der Waals surface area contributed by atoms with Crippen LogP contribution in [0.4, 0.5) is 0 Å². The molecule has 5 heteroatoms. The largest absolute Gasteiger partial charge is 0.352 e. The number of pyridine rings is 1. The van der Waals surface area contributed by atoms with Crippen molar-refractivity contribution in [3.8, 4) is 0 Å². The zero-order valence-corrected chi connectivity index (χ0v) is 11.4. The van der Waals surface area contributed by atoms with Crippen LogP contribution in [0.25, 0.3) is 0 Å². The Bertz CT molecular complexity index is 372. The second-order valence-electron chi connectivity index (χ2n) is 4.66. The highest BCUT2D eigenvalue weighted by Crippen LogP contribution is 2.16. The van der Waals surface area contributed by atoms with Crippen LogP contribution in [0.15, 0.2) is 24.5 Å². The van der Waals surface area contributed by atoms with E-state index in [9.17, 15) is 4.79 Å². The number of aromatic nitrogens is 1. The molecule has 0 unspecified atom stereocenters. The van der Waals surface area contributed by atoms with E-state index in [1.807, 2.05) is 12.1 Å². The minimum atomic E-state index is 0.